The van der Waals surface area contributed by atoms with E-state index in [0.29, 0.717) is 32.5 Å². The van der Waals surface area contributed by atoms with Crippen molar-refractivity contribution in [3.05, 3.63) is 29.8 Å². The fourth-order valence-corrected chi connectivity index (χ4v) is 4.31. The molecule has 1 saturated heterocycles. The molecule has 162 valence electrons. The minimum absolute atomic E-state index is 0.0564. The molecule has 1 heterocycles. The van der Waals surface area contributed by atoms with E-state index in [-0.39, 0.29) is 24.2 Å². The van der Waals surface area contributed by atoms with Crippen LogP contribution in [0.2, 0.25) is 0 Å². The van der Waals surface area contributed by atoms with Gasteiger partial charge in [0.15, 0.2) is 6.61 Å². The van der Waals surface area contributed by atoms with Crippen molar-refractivity contribution < 1.29 is 22.7 Å². The van der Waals surface area contributed by atoms with Crippen molar-refractivity contribution in [3.63, 3.8) is 0 Å². The van der Waals surface area contributed by atoms with Crippen molar-refractivity contribution in [1.29, 1.82) is 0 Å². The average Bonchev–Trinajstić information content (AvgIpc) is 2.72. The Kier molecular flexibility index (Phi) is 8.04. The molecule has 2 rings (SSSR count). The molecule has 8 nitrogen and oxygen atoms in total. The van der Waals surface area contributed by atoms with E-state index in [2.05, 4.69) is 0 Å². The van der Waals surface area contributed by atoms with Crippen molar-refractivity contribution in [2.45, 2.75) is 26.3 Å². The minimum atomic E-state index is -3.23. The van der Waals surface area contributed by atoms with Crippen LogP contribution in [0, 0.1) is 5.92 Å². The number of esters is 1. The summed E-state index contributed by atoms with van der Waals surface area (Å²) in [4.78, 5) is 28.1. The number of piperidine rings is 1. The molecule has 9 heteroatoms. The minimum Gasteiger partial charge on any atom is -0.455 e. The van der Waals surface area contributed by atoms with Crippen LogP contribution in [0.5, 0.6) is 0 Å². The number of hydrogen-bond donors (Lipinski definition) is 0. The number of benzene rings is 1. The highest BCUT2D eigenvalue weighted by molar-refractivity contribution is 7.89. The second-order valence-electron chi connectivity index (χ2n) is 7.49. The molecular weight excluding hydrogens is 394 g/mol. The van der Waals surface area contributed by atoms with Crippen LogP contribution in [0.15, 0.2) is 24.3 Å². The van der Waals surface area contributed by atoms with Gasteiger partial charge >= 0.3 is 5.97 Å². The van der Waals surface area contributed by atoms with Gasteiger partial charge in [-0.05, 0) is 37.5 Å². The molecular formula is C20H31N3O5S. The number of hydrogen-bond acceptors (Lipinski definition) is 6. The van der Waals surface area contributed by atoms with Crippen LogP contribution >= 0.6 is 0 Å². The first-order valence-corrected chi connectivity index (χ1v) is 11.4. The molecule has 0 aliphatic carbocycles. The molecule has 0 bridgehead atoms. The second kappa shape index (κ2) is 10.1. The fraction of sp³-hybridized carbons (Fsp3) is 0.600. The number of amides is 1. The summed E-state index contributed by atoms with van der Waals surface area (Å²) < 4.78 is 30.4. The van der Waals surface area contributed by atoms with E-state index in [1.54, 1.807) is 14.0 Å². The van der Waals surface area contributed by atoms with Crippen LogP contribution < -0.4 is 4.90 Å². The van der Waals surface area contributed by atoms with Gasteiger partial charge in [0.25, 0.3) is 5.91 Å². The third-order valence-corrected chi connectivity index (χ3v) is 7.06. The first kappa shape index (κ1) is 23.2. The first-order chi connectivity index (χ1) is 13.6. The topological polar surface area (TPSA) is 87.2 Å². The van der Waals surface area contributed by atoms with Gasteiger partial charge in [0.1, 0.15) is 0 Å². The summed E-state index contributed by atoms with van der Waals surface area (Å²) in [6.07, 6.45) is 0.834. The molecule has 1 aliphatic rings. The van der Waals surface area contributed by atoms with Gasteiger partial charge in [0.2, 0.25) is 10.0 Å². The summed E-state index contributed by atoms with van der Waals surface area (Å²) >= 11 is 0. The van der Waals surface area contributed by atoms with Gasteiger partial charge in [-0.3, -0.25) is 9.59 Å². The Morgan fingerprint density at radius 2 is 1.69 bits per heavy atom. The fourth-order valence-electron chi connectivity index (χ4n) is 3.17. The lowest BCUT2D eigenvalue weighted by atomic mass is 9.98. The van der Waals surface area contributed by atoms with Gasteiger partial charge in [-0.2, -0.15) is 0 Å². The molecule has 1 fully saturated rings. The standard InChI is InChI=1S/C20H31N3O5S/c1-5-29(26,27)23-12-10-17(11-13-23)20(25)28-15-19(24)22(4)14-16-6-8-18(9-7-16)21(2)3/h6-9,17H,5,10-15H2,1-4H3. The highest BCUT2D eigenvalue weighted by Gasteiger charge is 2.31. The number of anilines is 1. The molecule has 0 unspecified atom stereocenters. The van der Waals surface area contributed by atoms with E-state index in [4.69, 9.17) is 4.74 Å². The highest BCUT2D eigenvalue weighted by Crippen LogP contribution is 2.21. The van der Waals surface area contributed by atoms with Crippen molar-refractivity contribution in [3.8, 4) is 0 Å². The Labute approximate surface area is 173 Å². The molecule has 1 aromatic rings. The molecule has 1 aliphatic heterocycles. The van der Waals surface area contributed by atoms with Gasteiger partial charge in [-0.25, -0.2) is 12.7 Å². The number of nitrogens with zero attached hydrogens (tertiary/aromatic N) is 3. The van der Waals surface area contributed by atoms with E-state index >= 15 is 0 Å². The summed E-state index contributed by atoms with van der Waals surface area (Å²) in [5.74, 6) is -1.02. The molecule has 1 aromatic carbocycles. The molecule has 0 radical (unpaired) electrons. The Hall–Kier alpha value is -2.13. The zero-order valence-corrected chi connectivity index (χ0v) is 18.4. The third kappa shape index (κ3) is 6.43. The lowest BCUT2D eigenvalue weighted by molar-refractivity contribution is -0.156. The SMILES string of the molecule is CCS(=O)(=O)N1CCC(C(=O)OCC(=O)N(C)Cc2ccc(N(C)C)cc2)CC1. The van der Waals surface area contributed by atoms with Crippen molar-refractivity contribution in [1.82, 2.24) is 9.21 Å². The van der Waals surface area contributed by atoms with Crippen molar-refractivity contribution >= 4 is 27.6 Å². The summed E-state index contributed by atoms with van der Waals surface area (Å²) in [6, 6.07) is 7.89. The zero-order valence-electron chi connectivity index (χ0n) is 17.6. The molecule has 0 saturated carbocycles. The Morgan fingerprint density at radius 1 is 1.10 bits per heavy atom. The molecule has 1 amide bonds. The number of carbonyl (C=O) groups is 2. The summed E-state index contributed by atoms with van der Waals surface area (Å²) in [7, 11) is 2.37. The van der Waals surface area contributed by atoms with Gasteiger partial charge in [0, 0.05) is 46.5 Å². The number of likely N-dealkylation sites (N-methyl/N-ethyl adjacent to an activating group) is 1. The maximum Gasteiger partial charge on any atom is 0.309 e. The summed E-state index contributed by atoms with van der Waals surface area (Å²) in [6.45, 7) is 2.35. The van der Waals surface area contributed by atoms with E-state index in [1.807, 2.05) is 43.3 Å². The number of carbonyl (C=O) groups excluding carboxylic acids is 2. The molecule has 0 spiro atoms. The maximum atomic E-state index is 12.3. The maximum absolute atomic E-state index is 12.3. The number of sulfonamides is 1. The van der Waals surface area contributed by atoms with Gasteiger partial charge in [-0.15, -0.1) is 0 Å². The van der Waals surface area contributed by atoms with Crippen LogP contribution in [0.1, 0.15) is 25.3 Å². The largest absolute Gasteiger partial charge is 0.455 e. The van der Waals surface area contributed by atoms with Crippen LogP contribution in [0.25, 0.3) is 0 Å². The van der Waals surface area contributed by atoms with Crippen LogP contribution in [-0.4, -0.2) is 76.1 Å². The smallest absolute Gasteiger partial charge is 0.309 e. The van der Waals surface area contributed by atoms with E-state index in [9.17, 15) is 18.0 Å². The number of rotatable bonds is 8. The lowest BCUT2D eigenvalue weighted by Gasteiger charge is -2.29. The Morgan fingerprint density at radius 3 is 2.21 bits per heavy atom. The van der Waals surface area contributed by atoms with Crippen LogP contribution in [0.4, 0.5) is 5.69 Å². The van der Waals surface area contributed by atoms with Crippen LogP contribution in [-0.2, 0) is 30.9 Å². The van der Waals surface area contributed by atoms with Gasteiger partial charge < -0.3 is 14.5 Å². The average molecular weight is 426 g/mol. The second-order valence-corrected chi connectivity index (χ2v) is 9.75. The lowest BCUT2D eigenvalue weighted by Crippen LogP contribution is -2.41. The highest BCUT2D eigenvalue weighted by atomic mass is 32.2. The quantitative estimate of drug-likeness (QED) is 0.584. The summed E-state index contributed by atoms with van der Waals surface area (Å²) in [5, 5.41) is 0. The third-order valence-electron chi connectivity index (χ3n) is 5.18. The molecule has 0 atom stereocenters. The molecule has 0 N–H and O–H groups in total. The first-order valence-electron chi connectivity index (χ1n) is 9.78. The van der Waals surface area contributed by atoms with E-state index in [1.165, 1.54) is 9.21 Å². The van der Waals surface area contributed by atoms with E-state index < -0.39 is 16.0 Å². The monoisotopic (exact) mass is 425 g/mol. The zero-order chi connectivity index (χ0) is 21.6. The molecule has 29 heavy (non-hydrogen) atoms. The van der Waals surface area contributed by atoms with E-state index in [0.717, 1.165) is 11.3 Å². The van der Waals surface area contributed by atoms with Gasteiger partial charge in [0.05, 0.1) is 11.7 Å². The Bertz CT molecular complexity index is 800. The van der Waals surface area contributed by atoms with Crippen molar-refractivity contribution in [2.75, 3.05) is 51.5 Å². The predicted molar refractivity (Wildman–Crippen MR) is 112 cm³/mol. The Balaban J connectivity index is 1.77. The molecule has 0 aromatic heterocycles. The summed E-state index contributed by atoms with van der Waals surface area (Å²) in [5.41, 5.74) is 2.07. The predicted octanol–water partition coefficient (Wildman–Crippen LogP) is 1.32. The number of ether oxygens (including phenoxy) is 1. The van der Waals surface area contributed by atoms with Crippen LogP contribution in [0.3, 0.4) is 0 Å². The van der Waals surface area contributed by atoms with Gasteiger partial charge in [-0.1, -0.05) is 12.1 Å². The normalized spacial score (nSPS) is 15.7. The van der Waals surface area contributed by atoms with Crippen molar-refractivity contribution in [2.24, 2.45) is 5.92 Å².